The number of amides is 1. The molecule has 0 fully saturated rings. The van der Waals surface area contributed by atoms with E-state index < -0.39 is 23.9 Å². The van der Waals surface area contributed by atoms with Crippen molar-refractivity contribution in [2.24, 2.45) is 0 Å². The largest absolute Gasteiger partial charge is 0.433 e. The predicted octanol–water partition coefficient (Wildman–Crippen LogP) is 5.16. The highest BCUT2D eigenvalue weighted by molar-refractivity contribution is 7.17. The molecule has 6 nitrogen and oxygen atoms in total. The summed E-state index contributed by atoms with van der Waals surface area (Å²) in [6.07, 6.45) is 1.27. The summed E-state index contributed by atoms with van der Waals surface area (Å²) >= 11 is 7.15. The number of hydrogen-bond donors (Lipinski definition) is 1. The van der Waals surface area contributed by atoms with Gasteiger partial charge >= 0.3 is 6.61 Å². The van der Waals surface area contributed by atoms with Gasteiger partial charge in [0, 0.05) is 16.6 Å². The van der Waals surface area contributed by atoms with E-state index in [2.05, 4.69) is 15.0 Å². The number of anilines is 1. The molecular formula is C21H13ClF3N3O3S. The molecule has 11 heteroatoms. The molecule has 0 spiro atoms. The minimum Gasteiger partial charge on any atom is -0.433 e. The van der Waals surface area contributed by atoms with Crippen molar-refractivity contribution in [3.05, 3.63) is 75.4 Å². The summed E-state index contributed by atoms with van der Waals surface area (Å²) in [4.78, 5) is 30.2. The van der Waals surface area contributed by atoms with Crippen LogP contribution in [0.4, 0.5) is 18.9 Å². The highest BCUT2D eigenvalue weighted by Gasteiger charge is 2.16. The third-order valence-corrected chi connectivity index (χ3v) is 5.64. The topological polar surface area (TPSA) is 73.2 Å². The Morgan fingerprint density at radius 2 is 1.97 bits per heavy atom. The Hall–Kier alpha value is -3.37. The lowest BCUT2D eigenvalue weighted by Gasteiger charge is -2.10. The normalized spacial score (nSPS) is 11.2. The maximum Gasteiger partial charge on any atom is 0.387 e. The molecule has 32 heavy (non-hydrogen) atoms. The fourth-order valence-electron chi connectivity index (χ4n) is 3.05. The monoisotopic (exact) mass is 479 g/mol. The molecule has 0 aliphatic carbocycles. The number of carbonyl (C=O) groups is 1. The first-order valence-corrected chi connectivity index (χ1v) is 10.3. The quantitative estimate of drug-likeness (QED) is 0.415. The second-order valence-electron chi connectivity index (χ2n) is 6.59. The lowest BCUT2D eigenvalue weighted by atomic mass is 10.1. The molecule has 0 saturated heterocycles. The average molecular weight is 480 g/mol. The Labute approximate surface area is 187 Å². The van der Waals surface area contributed by atoms with Crippen LogP contribution >= 0.6 is 22.9 Å². The summed E-state index contributed by atoms with van der Waals surface area (Å²) in [7, 11) is 0. The van der Waals surface area contributed by atoms with Crippen LogP contribution in [0, 0.1) is 5.82 Å². The molecule has 0 aliphatic heterocycles. The number of nitrogens with one attached hydrogen (secondary N) is 1. The number of thiophene rings is 1. The van der Waals surface area contributed by atoms with Gasteiger partial charge in [-0.2, -0.15) is 8.78 Å². The molecule has 2 heterocycles. The van der Waals surface area contributed by atoms with E-state index in [0.29, 0.717) is 21.3 Å². The van der Waals surface area contributed by atoms with Gasteiger partial charge < -0.3 is 10.1 Å². The Morgan fingerprint density at radius 1 is 1.22 bits per heavy atom. The van der Waals surface area contributed by atoms with Crippen molar-refractivity contribution in [3.8, 4) is 16.9 Å². The van der Waals surface area contributed by atoms with E-state index in [-0.39, 0.29) is 23.0 Å². The van der Waals surface area contributed by atoms with Crippen molar-refractivity contribution in [2.45, 2.75) is 13.2 Å². The molecule has 0 saturated carbocycles. The fourth-order valence-corrected chi connectivity index (χ4v) is 4.18. The van der Waals surface area contributed by atoms with Crippen LogP contribution in [0.2, 0.25) is 5.02 Å². The zero-order valence-corrected chi connectivity index (χ0v) is 17.6. The number of nitrogens with zero attached hydrogens (tertiary/aromatic N) is 2. The van der Waals surface area contributed by atoms with Crippen molar-refractivity contribution in [1.29, 1.82) is 0 Å². The minimum absolute atomic E-state index is 0.106. The van der Waals surface area contributed by atoms with Gasteiger partial charge in [-0.25, -0.2) is 9.37 Å². The highest BCUT2D eigenvalue weighted by Crippen LogP contribution is 2.31. The third-order valence-electron chi connectivity index (χ3n) is 4.46. The molecular weight excluding hydrogens is 467 g/mol. The Balaban J connectivity index is 1.57. The van der Waals surface area contributed by atoms with Crippen molar-refractivity contribution in [2.75, 3.05) is 5.32 Å². The number of hydrogen-bond acceptors (Lipinski definition) is 5. The number of aromatic nitrogens is 2. The maximum absolute atomic E-state index is 13.2. The first-order chi connectivity index (χ1) is 15.3. The number of fused-ring (bicyclic) bond motifs is 1. The summed E-state index contributed by atoms with van der Waals surface area (Å²) < 4.78 is 43.3. The molecule has 0 atom stereocenters. The standard InChI is InChI=1S/C21H13ClF3N3O3S/c22-15-7-13(5-6-16(15)31-21(24)25)27-17(29)8-28-10-26-19-18(20(28)30)14(9-32-19)11-1-3-12(23)4-2-11/h1-7,9-10,21H,8H2,(H,27,29). The van der Waals surface area contributed by atoms with E-state index in [1.54, 1.807) is 17.5 Å². The van der Waals surface area contributed by atoms with Crippen LogP contribution < -0.4 is 15.6 Å². The molecule has 4 rings (SSSR count). The SMILES string of the molecule is O=C(Cn1cnc2scc(-c3ccc(F)cc3)c2c1=O)Nc1ccc(OC(F)F)c(Cl)c1. The van der Waals surface area contributed by atoms with Gasteiger partial charge in [0.2, 0.25) is 5.91 Å². The minimum atomic E-state index is -3.03. The summed E-state index contributed by atoms with van der Waals surface area (Å²) in [6.45, 7) is -3.37. The number of rotatable bonds is 6. The number of ether oxygens (including phenoxy) is 1. The fraction of sp³-hybridized carbons (Fsp3) is 0.0952. The van der Waals surface area contributed by atoms with E-state index in [9.17, 15) is 22.8 Å². The molecule has 1 amide bonds. The van der Waals surface area contributed by atoms with Crippen LogP contribution in [0.5, 0.6) is 5.75 Å². The van der Waals surface area contributed by atoms with Crippen LogP contribution in [0.15, 0.2) is 59.0 Å². The lowest BCUT2D eigenvalue weighted by Crippen LogP contribution is -2.27. The number of halogens is 4. The maximum atomic E-state index is 13.2. The van der Waals surface area contributed by atoms with E-state index in [0.717, 1.165) is 4.57 Å². The van der Waals surface area contributed by atoms with E-state index in [4.69, 9.17) is 11.6 Å². The molecule has 0 aliphatic rings. The molecule has 0 bridgehead atoms. The van der Waals surface area contributed by atoms with Crippen LogP contribution in [0.25, 0.3) is 21.3 Å². The zero-order chi connectivity index (χ0) is 22.8. The summed E-state index contributed by atoms with van der Waals surface area (Å²) in [6, 6.07) is 9.51. The van der Waals surface area contributed by atoms with Gasteiger partial charge in [0.25, 0.3) is 5.56 Å². The molecule has 2 aromatic heterocycles. The molecule has 4 aromatic rings. The van der Waals surface area contributed by atoms with Crippen LogP contribution in [-0.4, -0.2) is 22.1 Å². The molecule has 164 valence electrons. The summed E-state index contributed by atoms with van der Waals surface area (Å²) in [5.74, 6) is -1.17. The number of alkyl halides is 2. The number of benzene rings is 2. The Bertz CT molecular complexity index is 1360. The van der Waals surface area contributed by atoms with Crippen LogP contribution in [-0.2, 0) is 11.3 Å². The third kappa shape index (κ3) is 4.61. The summed E-state index contributed by atoms with van der Waals surface area (Å²) in [5.41, 5.74) is 1.06. The van der Waals surface area contributed by atoms with Gasteiger partial charge in [-0.3, -0.25) is 14.2 Å². The van der Waals surface area contributed by atoms with Crippen LogP contribution in [0.3, 0.4) is 0 Å². The van der Waals surface area contributed by atoms with Gasteiger partial charge in [-0.15, -0.1) is 11.3 Å². The molecule has 2 aromatic carbocycles. The van der Waals surface area contributed by atoms with Gasteiger partial charge in [0.15, 0.2) is 0 Å². The molecule has 0 unspecified atom stereocenters. The average Bonchev–Trinajstić information content (AvgIpc) is 3.17. The van der Waals surface area contributed by atoms with Gasteiger partial charge in [-0.1, -0.05) is 23.7 Å². The molecule has 0 radical (unpaired) electrons. The second kappa shape index (κ2) is 9.01. The van der Waals surface area contributed by atoms with Gasteiger partial charge in [0.05, 0.1) is 16.7 Å². The highest BCUT2D eigenvalue weighted by atomic mass is 35.5. The predicted molar refractivity (Wildman–Crippen MR) is 116 cm³/mol. The Kier molecular flexibility index (Phi) is 6.15. The van der Waals surface area contributed by atoms with Crippen LogP contribution in [0.1, 0.15) is 0 Å². The Morgan fingerprint density at radius 3 is 2.66 bits per heavy atom. The van der Waals surface area contributed by atoms with Crippen molar-refractivity contribution >= 4 is 44.7 Å². The second-order valence-corrected chi connectivity index (χ2v) is 7.85. The zero-order valence-electron chi connectivity index (χ0n) is 16.0. The number of carbonyl (C=O) groups excluding carboxylic acids is 1. The van der Waals surface area contributed by atoms with E-state index in [1.807, 2.05) is 0 Å². The van der Waals surface area contributed by atoms with E-state index >= 15 is 0 Å². The van der Waals surface area contributed by atoms with Crippen molar-refractivity contribution in [1.82, 2.24) is 9.55 Å². The van der Waals surface area contributed by atoms with Gasteiger partial charge in [-0.05, 0) is 35.9 Å². The smallest absolute Gasteiger partial charge is 0.387 e. The van der Waals surface area contributed by atoms with Crippen molar-refractivity contribution < 1.29 is 22.7 Å². The summed E-state index contributed by atoms with van der Waals surface area (Å²) in [5, 5.41) is 4.51. The molecule has 1 N–H and O–H groups in total. The lowest BCUT2D eigenvalue weighted by molar-refractivity contribution is -0.116. The van der Waals surface area contributed by atoms with E-state index in [1.165, 1.54) is 48.0 Å². The van der Waals surface area contributed by atoms with Gasteiger partial charge in [0.1, 0.15) is 22.9 Å². The van der Waals surface area contributed by atoms with Crippen molar-refractivity contribution in [3.63, 3.8) is 0 Å². The first-order valence-electron chi connectivity index (χ1n) is 9.08. The first kappa shape index (κ1) is 21.8.